The Morgan fingerprint density at radius 2 is 1.93 bits per heavy atom. The van der Waals surface area contributed by atoms with E-state index in [-0.39, 0.29) is 24.1 Å². The first kappa shape index (κ1) is 20.1. The normalized spacial score (nSPS) is 16.9. The van der Waals surface area contributed by atoms with Crippen LogP contribution in [0.15, 0.2) is 53.5 Å². The molecule has 3 aromatic rings. The minimum atomic E-state index is -4.74. The summed E-state index contributed by atoms with van der Waals surface area (Å²) < 4.78 is 40.4. The molecule has 0 radical (unpaired) electrons. The predicted molar refractivity (Wildman–Crippen MR) is 103 cm³/mol. The Balaban J connectivity index is 1.70. The molecule has 9 heteroatoms. The van der Waals surface area contributed by atoms with E-state index in [1.165, 1.54) is 6.20 Å². The van der Waals surface area contributed by atoms with Crippen molar-refractivity contribution in [3.05, 3.63) is 70.3 Å². The molecule has 1 atom stereocenters. The van der Waals surface area contributed by atoms with Crippen molar-refractivity contribution in [3.8, 4) is 11.1 Å². The van der Waals surface area contributed by atoms with E-state index < -0.39 is 17.4 Å². The number of benzene rings is 1. The van der Waals surface area contributed by atoms with Gasteiger partial charge >= 0.3 is 6.18 Å². The van der Waals surface area contributed by atoms with Crippen molar-refractivity contribution in [1.29, 1.82) is 0 Å². The van der Waals surface area contributed by atoms with Crippen LogP contribution in [0.25, 0.3) is 16.8 Å². The van der Waals surface area contributed by atoms with Crippen molar-refractivity contribution in [2.45, 2.75) is 12.6 Å². The minimum absolute atomic E-state index is 0.0378. The Morgan fingerprint density at radius 3 is 2.57 bits per heavy atom. The number of halogens is 3. The Kier molecular flexibility index (Phi) is 5.07. The molecule has 1 aliphatic heterocycles. The topological polar surface area (TPSA) is 74.9 Å². The molecule has 0 bridgehead atoms. The molecule has 1 amide bonds. The van der Waals surface area contributed by atoms with Gasteiger partial charge in [-0.15, -0.1) is 0 Å². The zero-order valence-corrected chi connectivity index (χ0v) is 15.8. The molecule has 1 N–H and O–H groups in total. The molecule has 6 nitrogen and oxygen atoms in total. The van der Waals surface area contributed by atoms with Crippen molar-refractivity contribution in [1.82, 2.24) is 14.3 Å². The number of hydrogen-bond acceptors (Lipinski definition) is 4. The maximum absolute atomic E-state index is 13.1. The van der Waals surface area contributed by atoms with Gasteiger partial charge in [0.15, 0.2) is 5.69 Å². The number of amides is 1. The van der Waals surface area contributed by atoms with Gasteiger partial charge in [0.1, 0.15) is 5.65 Å². The summed E-state index contributed by atoms with van der Waals surface area (Å²) in [7, 11) is 0. The number of likely N-dealkylation sites (tertiary alicyclic amines) is 1. The molecular weight excluding hydrogens is 399 g/mol. The van der Waals surface area contributed by atoms with E-state index in [0.29, 0.717) is 35.8 Å². The summed E-state index contributed by atoms with van der Waals surface area (Å²) in [5, 5.41) is 9.24. The second kappa shape index (κ2) is 7.56. The molecule has 1 saturated heterocycles. The summed E-state index contributed by atoms with van der Waals surface area (Å²) in [5.41, 5.74) is -0.861. The third-order valence-electron chi connectivity index (χ3n) is 5.26. The molecule has 156 valence electrons. The second-order valence-electron chi connectivity index (χ2n) is 7.26. The van der Waals surface area contributed by atoms with Crippen LogP contribution in [0.1, 0.15) is 22.5 Å². The van der Waals surface area contributed by atoms with Crippen molar-refractivity contribution >= 4 is 11.6 Å². The van der Waals surface area contributed by atoms with Crippen LogP contribution in [0.2, 0.25) is 0 Å². The van der Waals surface area contributed by atoms with E-state index in [1.54, 1.807) is 41.3 Å². The Hall–Kier alpha value is -3.20. The zero-order valence-electron chi connectivity index (χ0n) is 15.8. The first-order valence-electron chi connectivity index (χ1n) is 9.38. The van der Waals surface area contributed by atoms with Gasteiger partial charge in [-0.3, -0.25) is 14.0 Å². The lowest BCUT2D eigenvalue weighted by Gasteiger charge is -2.16. The van der Waals surface area contributed by atoms with Gasteiger partial charge in [-0.05, 0) is 36.2 Å². The molecular formula is C21H18F3N3O3. The molecule has 0 spiro atoms. The Morgan fingerprint density at radius 1 is 1.20 bits per heavy atom. The van der Waals surface area contributed by atoms with Gasteiger partial charge in [0.25, 0.3) is 11.5 Å². The first-order chi connectivity index (χ1) is 14.3. The number of alkyl halides is 3. The van der Waals surface area contributed by atoms with E-state index in [2.05, 4.69) is 4.98 Å². The third kappa shape index (κ3) is 3.68. The molecule has 0 aliphatic carbocycles. The molecule has 0 saturated carbocycles. The van der Waals surface area contributed by atoms with Gasteiger partial charge in [-0.2, -0.15) is 13.2 Å². The largest absolute Gasteiger partial charge is 0.433 e. The average Bonchev–Trinajstić information content (AvgIpc) is 3.22. The summed E-state index contributed by atoms with van der Waals surface area (Å²) in [6.45, 7) is 1.10. The number of carbonyl (C=O) groups excluding carboxylic acids is 1. The van der Waals surface area contributed by atoms with Crippen LogP contribution in [-0.2, 0) is 6.18 Å². The average molecular weight is 417 g/mol. The van der Waals surface area contributed by atoms with Crippen LogP contribution in [-0.4, -0.2) is 45.0 Å². The molecule has 1 aromatic carbocycles. The number of fused-ring (bicyclic) bond motifs is 1. The number of aliphatic hydroxyl groups is 1. The molecule has 2 aromatic heterocycles. The quantitative estimate of drug-likeness (QED) is 0.711. The van der Waals surface area contributed by atoms with E-state index in [9.17, 15) is 27.9 Å². The van der Waals surface area contributed by atoms with Crippen LogP contribution in [0, 0.1) is 5.92 Å². The standard InChI is InChI=1S/C21H18F3N3O3/c22-21(23,24)17-10-18(29)27-8-1-2-16(19(27)25-17)14-3-5-15(6-4-14)20(30)26-9-7-13(11-26)12-28/h1-6,8,10,13,28H,7,9,11-12H2. The number of aliphatic hydroxyl groups excluding tert-OH is 1. The van der Waals surface area contributed by atoms with Gasteiger partial charge in [0, 0.05) is 49.0 Å². The fourth-order valence-electron chi connectivity index (χ4n) is 3.64. The van der Waals surface area contributed by atoms with E-state index in [1.807, 2.05) is 0 Å². The highest BCUT2D eigenvalue weighted by molar-refractivity contribution is 5.95. The lowest BCUT2D eigenvalue weighted by molar-refractivity contribution is -0.141. The second-order valence-corrected chi connectivity index (χ2v) is 7.26. The molecule has 1 fully saturated rings. The summed E-state index contributed by atoms with van der Waals surface area (Å²) >= 11 is 0. The van der Waals surface area contributed by atoms with Crippen molar-refractivity contribution in [2.75, 3.05) is 19.7 Å². The van der Waals surface area contributed by atoms with E-state index >= 15 is 0 Å². The SMILES string of the molecule is O=C(c1ccc(-c2cccn3c(=O)cc(C(F)(F)F)nc23)cc1)N1CCC(CO)C1. The Labute approximate surface area is 169 Å². The van der Waals surface area contributed by atoms with Gasteiger partial charge < -0.3 is 10.0 Å². The number of nitrogens with zero attached hydrogens (tertiary/aromatic N) is 3. The molecule has 1 unspecified atom stereocenters. The molecule has 3 heterocycles. The highest BCUT2D eigenvalue weighted by Crippen LogP contribution is 2.29. The van der Waals surface area contributed by atoms with Crippen LogP contribution >= 0.6 is 0 Å². The monoisotopic (exact) mass is 417 g/mol. The zero-order chi connectivity index (χ0) is 21.5. The first-order valence-corrected chi connectivity index (χ1v) is 9.38. The number of carbonyl (C=O) groups is 1. The van der Waals surface area contributed by atoms with Gasteiger partial charge in [-0.1, -0.05) is 12.1 Å². The van der Waals surface area contributed by atoms with Gasteiger partial charge in [0.05, 0.1) is 0 Å². The maximum Gasteiger partial charge on any atom is 0.433 e. The van der Waals surface area contributed by atoms with Crippen molar-refractivity contribution in [2.24, 2.45) is 5.92 Å². The fraction of sp³-hybridized carbons (Fsp3) is 0.286. The van der Waals surface area contributed by atoms with E-state index in [4.69, 9.17) is 0 Å². The fourth-order valence-corrected chi connectivity index (χ4v) is 3.64. The van der Waals surface area contributed by atoms with Crippen molar-refractivity contribution < 1.29 is 23.1 Å². The molecule has 1 aliphatic rings. The Bertz CT molecular complexity index is 1160. The predicted octanol–water partition coefficient (Wildman–Crippen LogP) is 2.83. The van der Waals surface area contributed by atoms with Crippen LogP contribution < -0.4 is 5.56 Å². The molecule has 30 heavy (non-hydrogen) atoms. The maximum atomic E-state index is 13.1. The van der Waals surface area contributed by atoms with Crippen LogP contribution in [0.3, 0.4) is 0 Å². The lowest BCUT2D eigenvalue weighted by Crippen LogP contribution is -2.29. The number of rotatable bonds is 3. The number of pyridine rings is 1. The lowest BCUT2D eigenvalue weighted by atomic mass is 10.0. The summed E-state index contributed by atoms with van der Waals surface area (Å²) in [6, 6.07) is 10.0. The summed E-state index contributed by atoms with van der Waals surface area (Å²) in [4.78, 5) is 30.1. The van der Waals surface area contributed by atoms with Crippen LogP contribution in [0.5, 0.6) is 0 Å². The van der Waals surface area contributed by atoms with E-state index in [0.717, 1.165) is 10.8 Å². The van der Waals surface area contributed by atoms with Gasteiger partial charge in [0.2, 0.25) is 0 Å². The summed E-state index contributed by atoms with van der Waals surface area (Å²) in [5.74, 6) is -0.0831. The van der Waals surface area contributed by atoms with Gasteiger partial charge in [-0.25, -0.2) is 4.98 Å². The smallest absolute Gasteiger partial charge is 0.396 e. The van der Waals surface area contributed by atoms with Crippen molar-refractivity contribution in [3.63, 3.8) is 0 Å². The minimum Gasteiger partial charge on any atom is -0.396 e. The number of hydrogen-bond donors (Lipinski definition) is 1. The molecule has 4 rings (SSSR count). The number of aromatic nitrogens is 2. The van der Waals surface area contributed by atoms with Crippen LogP contribution in [0.4, 0.5) is 13.2 Å². The highest BCUT2D eigenvalue weighted by Gasteiger charge is 2.33. The third-order valence-corrected chi connectivity index (χ3v) is 5.26. The summed E-state index contributed by atoms with van der Waals surface area (Å²) in [6.07, 6.45) is -2.63. The highest BCUT2D eigenvalue weighted by atomic mass is 19.4.